The van der Waals surface area contributed by atoms with Crippen molar-refractivity contribution >= 4 is 17.5 Å². The van der Waals surface area contributed by atoms with Crippen LogP contribution in [0.3, 0.4) is 0 Å². The lowest BCUT2D eigenvalue weighted by atomic mass is 10.1. The van der Waals surface area contributed by atoms with Gasteiger partial charge in [-0.15, -0.1) is 0 Å². The smallest absolute Gasteiger partial charge is 0.241 e. The SMILES string of the molecule is CC(C)CC(=O)N1CCN(CC(=O)N2CCc3ccccc32)CC1. The van der Waals surface area contributed by atoms with Gasteiger partial charge < -0.3 is 9.80 Å². The highest BCUT2D eigenvalue weighted by atomic mass is 16.2. The van der Waals surface area contributed by atoms with Crippen LogP contribution in [0.2, 0.25) is 0 Å². The molecule has 0 aromatic heterocycles. The topological polar surface area (TPSA) is 43.9 Å². The van der Waals surface area contributed by atoms with E-state index in [2.05, 4.69) is 24.8 Å². The summed E-state index contributed by atoms with van der Waals surface area (Å²) in [7, 11) is 0. The van der Waals surface area contributed by atoms with E-state index in [4.69, 9.17) is 0 Å². The van der Waals surface area contributed by atoms with E-state index in [1.165, 1.54) is 5.56 Å². The summed E-state index contributed by atoms with van der Waals surface area (Å²) in [6, 6.07) is 8.15. The van der Waals surface area contributed by atoms with Crippen molar-refractivity contribution in [3.05, 3.63) is 29.8 Å². The summed E-state index contributed by atoms with van der Waals surface area (Å²) < 4.78 is 0. The molecule has 2 heterocycles. The van der Waals surface area contributed by atoms with E-state index in [1.807, 2.05) is 28.0 Å². The number of carbonyl (C=O) groups is 2. The van der Waals surface area contributed by atoms with Crippen LogP contribution < -0.4 is 4.90 Å². The number of benzene rings is 1. The summed E-state index contributed by atoms with van der Waals surface area (Å²) in [6.07, 6.45) is 1.56. The van der Waals surface area contributed by atoms with Gasteiger partial charge in [0.15, 0.2) is 0 Å². The fourth-order valence-electron chi connectivity index (χ4n) is 3.51. The number of amides is 2. The average molecular weight is 329 g/mol. The molecule has 2 aliphatic heterocycles. The van der Waals surface area contributed by atoms with Gasteiger partial charge in [-0.2, -0.15) is 0 Å². The third-order valence-electron chi connectivity index (χ3n) is 4.85. The maximum absolute atomic E-state index is 12.6. The van der Waals surface area contributed by atoms with E-state index in [9.17, 15) is 9.59 Å². The van der Waals surface area contributed by atoms with Gasteiger partial charge in [-0.05, 0) is 24.0 Å². The molecule has 1 saturated heterocycles. The summed E-state index contributed by atoms with van der Waals surface area (Å²) in [4.78, 5) is 30.8. The van der Waals surface area contributed by atoms with E-state index in [1.54, 1.807) is 0 Å². The number of hydrogen-bond acceptors (Lipinski definition) is 3. The van der Waals surface area contributed by atoms with Gasteiger partial charge in [-0.25, -0.2) is 0 Å². The standard InChI is InChI=1S/C19H27N3O2/c1-15(2)13-18(23)21-11-9-20(10-12-21)14-19(24)22-8-7-16-5-3-4-6-17(16)22/h3-6,15H,7-14H2,1-2H3. The second kappa shape index (κ2) is 7.34. The van der Waals surface area contributed by atoms with Gasteiger partial charge in [0.05, 0.1) is 6.54 Å². The Kier molecular flexibility index (Phi) is 5.19. The second-order valence-electron chi connectivity index (χ2n) is 7.18. The Hall–Kier alpha value is -1.88. The van der Waals surface area contributed by atoms with E-state index >= 15 is 0 Å². The van der Waals surface area contributed by atoms with Gasteiger partial charge in [0.25, 0.3) is 0 Å². The van der Waals surface area contributed by atoms with Crippen molar-refractivity contribution in [1.29, 1.82) is 0 Å². The first-order valence-corrected chi connectivity index (χ1v) is 8.93. The third kappa shape index (κ3) is 3.78. The fraction of sp³-hybridized carbons (Fsp3) is 0.579. The molecule has 5 heteroatoms. The Morgan fingerprint density at radius 3 is 2.42 bits per heavy atom. The lowest BCUT2D eigenvalue weighted by Crippen LogP contribution is -2.51. The zero-order valence-electron chi connectivity index (χ0n) is 14.7. The summed E-state index contributed by atoms with van der Waals surface area (Å²) in [5, 5.41) is 0. The number of anilines is 1. The van der Waals surface area contributed by atoms with E-state index in [-0.39, 0.29) is 11.8 Å². The van der Waals surface area contributed by atoms with Crippen molar-refractivity contribution in [1.82, 2.24) is 9.80 Å². The van der Waals surface area contributed by atoms with Crippen LogP contribution in [0.1, 0.15) is 25.8 Å². The maximum atomic E-state index is 12.6. The summed E-state index contributed by atoms with van der Waals surface area (Å²) in [5.74, 6) is 0.804. The number of para-hydroxylation sites is 1. The van der Waals surface area contributed by atoms with Crippen molar-refractivity contribution in [2.24, 2.45) is 5.92 Å². The van der Waals surface area contributed by atoms with Crippen LogP contribution in [0.25, 0.3) is 0 Å². The Balaban J connectivity index is 1.50. The van der Waals surface area contributed by atoms with Gasteiger partial charge in [0.1, 0.15) is 0 Å². The number of rotatable bonds is 4. The Labute approximate surface area is 144 Å². The molecule has 0 bridgehead atoms. The minimum Gasteiger partial charge on any atom is -0.340 e. The molecule has 5 nitrogen and oxygen atoms in total. The molecule has 130 valence electrons. The first-order valence-electron chi connectivity index (χ1n) is 8.93. The molecule has 0 unspecified atom stereocenters. The molecular formula is C19H27N3O2. The lowest BCUT2D eigenvalue weighted by Gasteiger charge is -2.35. The minimum absolute atomic E-state index is 0.168. The monoisotopic (exact) mass is 329 g/mol. The zero-order chi connectivity index (χ0) is 17.1. The van der Waals surface area contributed by atoms with Crippen LogP contribution in [0.4, 0.5) is 5.69 Å². The first-order chi connectivity index (χ1) is 11.5. The molecule has 2 amide bonds. The quantitative estimate of drug-likeness (QED) is 0.845. The van der Waals surface area contributed by atoms with Crippen LogP contribution in [0, 0.1) is 5.92 Å². The molecule has 2 aliphatic rings. The van der Waals surface area contributed by atoms with Gasteiger partial charge in [-0.3, -0.25) is 14.5 Å². The molecule has 0 radical (unpaired) electrons. The van der Waals surface area contributed by atoms with Crippen molar-refractivity contribution in [3.8, 4) is 0 Å². The molecule has 1 aromatic carbocycles. The second-order valence-corrected chi connectivity index (χ2v) is 7.18. The number of piperazine rings is 1. The predicted octanol–water partition coefficient (Wildman–Crippen LogP) is 1.77. The van der Waals surface area contributed by atoms with Crippen LogP contribution >= 0.6 is 0 Å². The Bertz CT molecular complexity index is 606. The van der Waals surface area contributed by atoms with Gasteiger partial charge in [0, 0.05) is 44.8 Å². The molecule has 0 atom stereocenters. The number of hydrogen-bond donors (Lipinski definition) is 0. The molecular weight excluding hydrogens is 302 g/mol. The summed E-state index contributed by atoms with van der Waals surface area (Å²) >= 11 is 0. The van der Waals surface area contributed by atoms with Crippen molar-refractivity contribution in [2.45, 2.75) is 26.7 Å². The van der Waals surface area contributed by atoms with Gasteiger partial charge in [-0.1, -0.05) is 32.0 Å². The summed E-state index contributed by atoms with van der Waals surface area (Å²) in [6.45, 7) is 8.40. The number of nitrogens with zero attached hydrogens (tertiary/aromatic N) is 3. The van der Waals surface area contributed by atoms with E-state index in [0.717, 1.165) is 44.8 Å². The summed E-state index contributed by atoms with van der Waals surface area (Å²) in [5.41, 5.74) is 2.32. The molecule has 0 saturated carbocycles. The van der Waals surface area contributed by atoms with Crippen LogP contribution in [0.5, 0.6) is 0 Å². The van der Waals surface area contributed by atoms with Crippen LogP contribution in [0.15, 0.2) is 24.3 Å². The Morgan fingerprint density at radius 1 is 1.00 bits per heavy atom. The van der Waals surface area contributed by atoms with E-state index in [0.29, 0.717) is 18.9 Å². The molecule has 0 spiro atoms. The van der Waals surface area contributed by atoms with Gasteiger partial charge >= 0.3 is 0 Å². The maximum Gasteiger partial charge on any atom is 0.241 e. The first kappa shape index (κ1) is 17.0. The molecule has 24 heavy (non-hydrogen) atoms. The molecule has 3 rings (SSSR count). The zero-order valence-corrected chi connectivity index (χ0v) is 14.7. The van der Waals surface area contributed by atoms with Crippen LogP contribution in [-0.4, -0.2) is 60.9 Å². The number of fused-ring (bicyclic) bond motifs is 1. The van der Waals surface area contributed by atoms with Crippen molar-refractivity contribution < 1.29 is 9.59 Å². The molecule has 1 aromatic rings. The number of carbonyl (C=O) groups excluding carboxylic acids is 2. The van der Waals surface area contributed by atoms with Crippen LogP contribution in [-0.2, 0) is 16.0 Å². The third-order valence-corrected chi connectivity index (χ3v) is 4.85. The lowest BCUT2D eigenvalue weighted by molar-refractivity contribution is -0.133. The molecule has 1 fully saturated rings. The minimum atomic E-state index is 0.168. The van der Waals surface area contributed by atoms with Gasteiger partial charge in [0.2, 0.25) is 11.8 Å². The average Bonchev–Trinajstić information content (AvgIpc) is 2.99. The molecule has 0 N–H and O–H groups in total. The predicted molar refractivity (Wildman–Crippen MR) is 95.0 cm³/mol. The highest BCUT2D eigenvalue weighted by Crippen LogP contribution is 2.27. The largest absolute Gasteiger partial charge is 0.340 e. The van der Waals surface area contributed by atoms with E-state index < -0.39 is 0 Å². The highest BCUT2D eigenvalue weighted by molar-refractivity contribution is 5.96. The Morgan fingerprint density at radius 2 is 1.71 bits per heavy atom. The fourth-order valence-corrected chi connectivity index (χ4v) is 3.51. The highest BCUT2D eigenvalue weighted by Gasteiger charge is 2.27. The van der Waals surface area contributed by atoms with Crippen molar-refractivity contribution in [3.63, 3.8) is 0 Å². The molecule has 0 aliphatic carbocycles. The normalized spacial score (nSPS) is 18.1. The van der Waals surface area contributed by atoms with Crippen molar-refractivity contribution in [2.75, 3.05) is 44.2 Å².